The molecule has 1 unspecified atom stereocenters. The average molecular weight is 439 g/mol. The van der Waals surface area contributed by atoms with Gasteiger partial charge in [0.25, 0.3) is 0 Å². The van der Waals surface area contributed by atoms with E-state index in [9.17, 15) is 4.91 Å². The minimum atomic E-state index is -0.465. The molecule has 0 saturated heterocycles. The largest absolute Gasteiger partial charge is 0.420 e. The van der Waals surface area contributed by atoms with E-state index in [0.717, 1.165) is 41.1 Å². The Hall–Kier alpha value is -3.67. The van der Waals surface area contributed by atoms with Gasteiger partial charge in [-0.05, 0) is 79.6 Å². The second-order valence-corrected chi connectivity index (χ2v) is 8.84. The highest BCUT2D eigenvalue weighted by molar-refractivity contribution is 5.54. The number of benzene rings is 2. The highest BCUT2D eigenvalue weighted by Crippen LogP contribution is 2.40. The number of nitroso groups, excluding NO2 is 1. The van der Waals surface area contributed by atoms with Crippen molar-refractivity contribution in [3.63, 3.8) is 0 Å². The molecule has 2 aromatic carbocycles. The normalized spacial score (nSPS) is 15.2. The Labute approximate surface area is 193 Å². The maximum atomic E-state index is 11.9. The number of pyridine rings is 1. The van der Waals surface area contributed by atoms with Crippen LogP contribution in [0.4, 0.5) is 0 Å². The van der Waals surface area contributed by atoms with Crippen LogP contribution in [0.25, 0.3) is 11.5 Å². The molecule has 2 atom stereocenters. The zero-order valence-corrected chi connectivity index (χ0v) is 18.8. The summed E-state index contributed by atoms with van der Waals surface area (Å²) in [4.78, 5) is 16.2. The van der Waals surface area contributed by atoms with Gasteiger partial charge in [-0.1, -0.05) is 41.6 Å². The van der Waals surface area contributed by atoms with Crippen LogP contribution in [0.3, 0.4) is 0 Å². The zero-order chi connectivity index (χ0) is 22.8. The predicted octanol–water partition coefficient (Wildman–Crippen LogP) is 6.66. The quantitative estimate of drug-likeness (QED) is 0.287. The Balaban J connectivity index is 1.47. The molecule has 6 heteroatoms. The maximum absolute atomic E-state index is 11.9. The lowest BCUT2D eigenvalue weighted by Gasteiger charge is -2.23. The summed E-state index contributed by atoms with van der Waals surface area (Å²) >= 11 is 0. The Morgan fingerprint density at radius 1 is 1.00 bits per heavy atom. The first-order valence-electron chi connectivity index (χ1n) is 11.4. The van der Waals surface area contributed by atoms with Gasteiger partial charge in [-0.2, -0.15) is 4.91 Å². The fraction of sp³-hybridized carbons (Fsp3) is 0.296. The minimum Gasteiger partial charge on any atom is -0.420 e. The van der Waals surface area contributed by atoms with Crippen molar-refractivity contribution in [1.29, 1.82) is 0 Å². The van der Waals surface area contributed by atoms with Crippen LogP contribution in [0.15, 0.2) is 76.5 Å². The topological polar surface area (TPSA) is 81.2 Å². The van der Waals surface area contributed by atoms with Gasteiger partial charge >= 0.3 is 0 Å². The third-order valence-electron chi connectivity index (χ3n) is 6.38. The lowest BCUT2D eigenvalue weighted by atomic mass is 9.82. The molecule has 33 heavy (non-hydrogen) atoms. The first kappa shape index (κ1) is 21.2. The summed E-state index contributed by atoms with van der Waals surface area (Å²) in [6.45, 7) is 4.03. The molecule has 1 saturated carbocycles. The molecular formula is C27H26N4O2. The maximum Gasteiger partial charge on any atom is 0.247 e. The third kappa shape index (κ3) is 4.60. The summed E-state index contributed by atoms with van der Waals surface area (Å²) in [7, 11) is 0. The molecule has 4 aromatic rings. The number of nitrogens with zero attached hydrogens (tertiary/aromatic N) is 4. The summed E-state index contributed by atoms with van der Waals surface area (Å²) in [5, 5.41) is 11.9. The molecule has 1 fully saturated rings. The number of hydrogen-bond acceptors (Lipinski definition) is 6. The van der Waals surface area contributed by atoms with Gasteiger partial charge in [0.2, 0.25) is 11.8 Å². The van der Waals surface area contributed by atoms with Crippen molar-refractivity contribution in [1.82, 2.24) is 15.2 Å². The molecule has 6 nitrogen and oxygen atoms in total. The summed E-state index contributed by atoms with van der Waals surface area (Å²) in [5.74, 6) is 1.73. The average Bonchev–Trinajstić information content (AvgIpc) is 3.57. The van der Waals surface area contributed by atoms with Crippen molar-refractivity contribution in [3.8, 4) is 11.5 Å². The predicted molar refractivity (Wildman–Crippen MR) is 127 cm³/mol. The number of aryl methyl sites for hydroxylation is 2. The van der Waals surface area contributed by atoms with E-state index in [1.54, 1.807) is 6.20 Å². The van der Waals surface area contributed by atoms with E-state index in [4.69, 9.17) is 4.42 Å². The van der Waals surface area contributed by atoms with Gasteiger partial charge in [0.15, 0.2) is 0 Å². The number of rotatable bonds is 8. The van der Waals surface area contributed by atoms with E-state index < -0.39 is 6.04 Å². The molecule has 0 aliphatic heterocycles. The number of hydrogen-bond donors (Lipinski definition) is 0. The molecule has 2 heterocycles. The van der Waals surface area contributed by atoms with Crippen LogP contribution in [0.1, 0.15) is 71.0 Å². The van der Waals surface area contributed by atoms with Crippen LogP contribution in [-0.4, -0.2) is 15.2 Å². The van der Waals surface area contributed by atoms with E-state index in [0.29, 0.717) is 18.2 Å². The molecule has 1 aliphatic carbocycles. The molecule has 0 N–H and O–H groups in total. The second-order valence-electron chi connectivity index (χ2n) is 8.84. The van der Waals surface area contributed by atoms with Crippen LogP contribution in [-0.2, 0) is 0 Å². The van der Waals surface area contributed by atoms with Gasteiger partial charge in [-0.15, -0.1) is 10.2 Å². The van der Waals surface area contributed by atoms with E-state index in [1.807, 2.05) is 43.3 Å². The summed E-state index contributed by atoms with van der Waals surface area (Å²) in [6.07, 6.45) is 4.56. The fourth-order valence-electron chi connectivity index (χ4n) is 4.36. The first-order chi connectivity index (χ1) is 16.1. The molecule has 0 bridgehead atoms. The van der Waals surface area contributed by atoms with E-state index in [-0.39, 0.29) is 5.92 Å². The van der Waals surface area contributed by atoms with E-state index >= 15 is 0 Å². The molecule has 2 aromatic heterocycles. The van der Waals surface area contributed by atoms with Crippen molar-refractivity contribution >= 4 is 0 Å². The van der Waals surface area contributed by atoms with Crippen molar-refractivity contribution < 1.29 is 4.42 Å². The standard InChI is InChI=1S/C27H26N4O2/c1-17-5-3-4-6-23(17)24(16-25(31-32)22-13-14-28-18(2)15-22)19-7-9-20(10-8-19)26-29-30-27(33-26)21-11-12-21/h3-10,13-15,21,24-25H,11-12,16H2,1-2H3/t24-,25?/m1/s1. The summed E-state index contributed by atoms with van der Waals surface area (Å²) < 4.78 is 5.86. The van der Waals surface area contributed by atoms with Gasteiger partial charge < -0.3 is 4.42 Å². The molecule has 0 amide bonds. The molecule has 1 aliphatic rings. The zero-order valence-electron chi connectivity index (χ0n) is 18.8. The van der Waals surface area contributed by atoms with Gasteiger partial charge in [0, 0.05) is 29.3 Å². The van der Waals surface area contributed by atoms with Gasteiger partial charge in [-0.25, -0.2) is 0 Å². The minimum absolute atomic E-state index is 0.0149. The highest BCUT2D eigenvalue weighted by atomic mass is 16.4. The fourth-order valence-corrected chi connectivity index (χ4v) is 4.36. The smallest absolute Gasteiger partial charge is 0.247 e. The summed E-state index contributed by atoms with van der Waals surface area (Å²) in [5.41, 5.74) is 6.17. The Morgan fingerprint density at radius 2 is 1.79 bits per heavy atom. The first-order valence-corrected chi connectivity index (χ1v) is 11.4. The summed E-state index contributed by atoms with van der Waals surface area (Å²) in [6, 6.07) is 19.9. The van der Waals surface area contributed by atoms with Crippen molar-refractivity contribution in [2.24, 2.45) is 5.18 Å². The van der Waals surface area contributed by atoms with E-state index in [2.05, 4.69) is 51.5 Å². The van der Waals surface area contributed by atoms with Crippen molar-refractivity contribution in [3.05, 3.63) is 106 Å². The lowest BCUT2D eigenvalue weighted by molar-refractivity contribution is 0.508. The Morgan fingerprint density at radius 3 is 2.48 bits per heavy atom. The van der Waals surface area contributed by atoms with Crippen LogP contribution in [0.2, 0.25) is 0 Å². The van der Waals surface area contributed by atoms with Crippen LogP contribution in [0, 0.1) is 18.8 Å². The monoisotopic (exact) mass is 438 g/mol. The van der Waals surface area contributed by atoms with E-state index in [1.165, 1.54) is 11.1 Å². The highest BCUT2D eigenvalue weighted by Gasteiger charge is 2.29. The van der Waals surface area contributed by atoms with Gasteiger partial charge in [-0.3, -0.25) is 4.98 Å². The molecule has 5 rings (SSSR count). The Bertz CT molecular complexity index is 1260. The van der Waals surface area contributed by atoms with Crippen molar-refractivity contribution in [2.75, 3.05) is 0 Å². The lowest BCUT2D eigenvalue weighted by Crippen LogP contribution is -2.09. The van der Waals surface area contributed by atoms with Gasteiger partial charge in [0.1, 0.15) is 6.04 Å². The number of aromatic nitrogens is 3. The second kappa shape index (κ2) is 9.06. The van der Waals surface area contributed by atoms with Crippen LogP contribution in [0.5, 0.6) is 0 Å². The van der Waals surface area contributed by atoms with Gasteiger partial charge in [0.05, 0.1) is 0 Å². The SMILES string of the molecule is Cc1cc(C(C[C@H](c2ccc(-c3nnc(C4CC4)o3)cc2)c2ccccc2C)N=O)ccn1. The molecular weight excluding hydrogens is 412 g/mol. The van der Waals surface area contributed by atoms with Crippen LogP contribution < -0.4 is 0 Å². The van der Waals surface area contributed by atoms with Crippen molar-refractivity contribution in [2.45, 2.75) is 51.0 Å². The molecule has 0 radical (unpaired) electrons. The Kier molecular flexibility index (Phi) is 5.82. The molecule has 166 valence electrons. The van der Waals surface area contributed by atoms with Crippen LogP contribution >= 0.6 is 0 Å². The molecule has 0 spiro atoms. The third-order valence-corrected chi connectivity index (χ3v) is 6.38.